The number of aryl methyl sites for hydroxylation is 1. The van der Waals surface area contributed by atoms with Gasteiger partial charge in [0.1, 0.15) is 5.82 Å². The van der Waals surface area contributed by atoms with Gasteiger partial charge in [-0.2, -0.15) is 4.98 Å². The molecule has 2 aromatic heterocycles. The number of hydrogen-bond acceptors (Lipinski definition) is 6. The maximum atomic E-state index is 12.1. The number of aromatic nitrogens is 4. The van der Waals surface area contributed by atoms with E-state index >= 15 is 0 Å². The van der Waals surface area contributed by atoms with E-state index in [1.54, 1.807) is 19.1 Å². The Kier molecular flexibility index (Phi) is 4.10. The van der Waals surface area contributed by atoms with Crippen LogP contribution in [0.15, 0.2) is 33.6 Å². The standard InChI is InChI=1S/C17H16ClN5O2/c1-10-19-14-6-7-23(8-13(14)17(24)20-10)9-15-21-16(22-25-15)11-2-4-12(18)5-3-11/h2-5H,6-9H2,1H3,(H,19,20,24). The molecule has 3 aromatic rings. The molecule has 0 atom stereocenters. The third-order valence-corrected chi connectivity index (χ3v) is 4.45. The van der Waals surface area contributed by atoms with E-state index in [1.165, 1.54) is 0 Å². The third kappa shape index (κ3) is 3.33. The first-order chi connectivity index (χ1) is 12.1. The summed E-state index contributed by atoms with van der Waals surface area (Å²) in [4.78, 5) is 25.8. The van der Waals surface area contributed by atoms with Gasteiger partial charge in [0.05, 0.1) is 17.8 Å². The van der Waals surface area contributed by atoms with E-state index in [0.717, 1.165) is 24.2 Å². The molecular formula is C17H16ClN5O2. The van der Waals surface area contributed by atoms with E-state index in [-0.39, 0.29) is 5.56 Å². The largest absolute Gasteiger partial charge is 0.338 e. The number of halogens is 1. The summed E-state index contributed by atoms with van der Waals surface area (Å²) in [5, 5.41) is 4.68. The molecule has 0 fully saturated rings. The summed E-state index contributed by atoms with van der Waals surface area (Å²) in [7, 11) is 0. The first-order valence-electron chi connectivity index (χ1n) is 7.98. The Hall–Kier alpha value is -2.51. The maximum Gasteiger partial charge on any atom is 0.255 e. The molecule has 3 heterocycles. The normalized spacial score (nSPS) is 14.5. The van der Waals surface area contributed by atoms with Gasteiger partial charge in [-0.25, -0.2) is 4.98 Å². The van der Waals surface area contributed by atoms with Gasteiger partial charge in [-0.1, -0.05) is 16.8 Å². The lowest BCUT2D eigenvalue weighted by Gasteiger charge is -2.26. The highest BCUT2D eigenvalue weighted by Gasteiger charge is 2.22. The second kappa shape index (κ2) is 6.42. The van der Waals surface area contributed by atoms with Gasteiger partial charge >= 0.3 is 0 Å². The van der Waals surface area contributed by atoms with E-state index in [2.05, 4.69) is 25.0 Å². The molecule has 25 heavy (non-hydrogen) atoms. The Morgan fingerprint density at radius 2 is 2.08 bits per heavy atom. The second-order valence-electron chi connectivity index (χ2n) is 6.06. The number of hydrogen-bond donors (Lipinski definition) is 1. The first-order valence-corrected chi connectivity index (χ1v) is 8.36. The van der Waals surface area contributed by atoms with Crippen molar-refractivity contribution in [3.05, 3.63) is 62.6 Å². The molecule has 4 rings (SSSR count). The van der Waals surface area contributed by atoms with Crippen LogP contribution in [0.3, 0.4) is 0 Å². The molecule has 1 N–H and O–H groups in total. The zero-order chi connectivity index (χ0) is 17.4. The van der Waals surface area contributed by atoms with E-state index < -0.39 is 0 Å². The molecule has 1 aliphatic rings. The molecule has 8 heteroatoms. The number of H-pyrrole nitrogens is 1. The first kappa shape index (κ1) is 16.0. The van der Waals surface area contributed by atoms with Gasteiger partial charge in [0.15, 0.2) is 0 Å². The predicted octanol–water partition coefficient (Wildman–Crippen LogP) is 2.34. The van der Waals surface area contributed by atoms with E-state index in [1.807, 2.05) is 12.1 Å². The Balaban J connectivity index is 1.50. The average molecular weight is 358 g/mol. The smallest absolute Gasteiger partial charge is 0.255 e. The third-order valence-electron chi connectivity index (χ3n) is 4.20. The van der Waals surface area contributed by atoms with Gasteiger partial charge in [-0.05, 0) is 31.2 Å². The van der Waals surface area contributed by atoms with Crippen LogP contribution in [0.1, 0.15) is 23.0 Å². The van der Waals surface area contributed by atoms with Gasteiger partial charge in [0.2, 0.25) is 11.7 Å². The van der Waals surface area contributed by atoms with Crippen LogP contribution in [-0.2, 0) is 19.5 Å². The topological polar surface area (TPSA) is 87.9 Å². The zero-order valence-electron chi connectivity index (χ0n) is 13.6. The van der Waals surface area contributed by atoms with Crippen molar-refractivity contribution in [1.82, 2.24) is 25.0 Å². The monoisotopic (exact) mass is 357 g/mol. The molecule has 0 unspecified atom stereocenters. The van der Waals surface area contributed by atoms with Crippen molar-refractivity contribution in [3.63, 3.8) is 0 Å². The fourth-order valence-corrected chi connectivity index (χ4v) is 3.09. The number of benzene rings is 1. The molecule has 128 valence electrons. The SMILES string of the molecule is Cc1nc2c(c(=O)[nH]1)CN(Cc1nc(-c3ccc(Cl)cc3)no1)CC2. The number of nitrogens with one attached hydrogen (secondary N) is 1. The number of fused-ring (bicyclic) bond motifs is 1. The predicted molar refractivity (Wildman–Crippen MR) is 92.2 cm³/mol. The molecule has 0 bridgehead atoms. The summed E-state index contributed by atoms with van der Waals surface area (Å²) >= 11 is 5.89. The summed E-state index contributed by atoms with van der Waals surface area (Å²) in [5.41, 5.74) is 2.37. The highest BCUT2D eigenvalue weighted by Crippen LogP contribution is 2.20. The minimum absolute atomic E-state index is 0.0698. The molecule has 0 spiro atoms. The van der Waals surface area contributed by atoms with Crippen molar-refractivity contribution in [1.29, 1.82) is 0 Å². The maximum absolute atomic E-state index is 12.1. The van der Waals surface area contributed by atoms with Crippen molar-refractivity contribution in [2.45, 2.75) is 26.4 Å². The lowest BCUT2D eigenvalue weighted by Crippen LogP contribution is -2.35. The molecule has 1 aromatic carbocycles. The molecule has 0 aliphatic carbocycles. The molecular weight excluding hydrogens is 342 g/mol. The fraction of sp³-hybridized carbons (Fsp3) is 0.294. The molecule has 1 aliphatic heterocycles. The highest BCUT2D eigenvalue weighted by molar-refractivity contribution is 6.30. The Labute approximate surface area is 148 Å². The molecule has 0 saturated carbocycles. The van der Waals surface area contributed by atoms with Gasteiger partial charge in [-0.15, -0.1) is 0 Å². The van der Waals surface area contributed by atoms with Crippen LogP contribution in [0.4, 0.5) is 0 Å². The van der Waals surface area contributed by atoms with Gasteiger partial charge in [0.25, 0.3) is 5.56 Å². The van der Waals surface area contributed by atoms with Gasteiger partial charge in [0, 0.05) is 30.1 Å². The lowest BCUT2D eigenvalue weighted by atomic mass is 10.1. The van der Waals surface area contributed by atoms with E-state index in [9.17, 15) is 4.79 Å². The summed E-state index contributed by atoms with van der Waals surface area (Å²) in [6.07, 6.45) is 0.734. The van der Waals surface area contributed by atoms with Crippen LogP contribution < -0.4 is 5.56 Å². The van der Waals surface area contributed by atoms with Crippen molar-refractivity contribution in [2.24, 2.45) is 0 Å². The van der Waals surface area contributed by atoms with E-state index in [4.69, 9.17) is 16.1 Å². The van der Waals surface area contributed by atoms with Gasteiger partial charge < -0.3 is 9.51 Å². The molecule has 7 nitrogen and oxygen atoms in total. The van der Waals surface area contributed by atoms with Crippen LogP contribution >= 0.6 is 11.6 Å². The minimum atomic E-state index is -0.0698. The molecule has 0 saturated heterocycles. The van der Waals surface area contributed by atoms with Crippen LogP contribution in [0.25, 0.3) is 11.4 Å². The number of nitrogens with zero attached hydrogens (tertiary/aromatic N) is 4. The second-order valence-corrected chi connectivity index (χ2v) is 6.49. The molecule has 0 amide bonds. The van der Waals surface area contributed by atoms with Crippen LogP contribution in [0.2, 0.25) is 5.02 Å². The van der Waals surface area contributed by atoms with Crippen LogP contribution in [-0.4, -0.2) is 31.6 Å². The highest BCUT2D eigenvalue weighted by atomic mass is 35.5. The Bertz CT molecular complexity index is 964. The fourth-order valence-electron chi connectivity index (χ4n) is 2.97. The summed E-state index contributed by atoms with van der Waals surface area (Å²) in [5.74, 6) is 1.70. The van der Waals surface area contributed by atoms with Crippen molar-refractivity contribution in [3.8, 4) is 11.4 Å². The van der Waals surface area contributed by atoms with Gasteiger partial charge in [-0.3, -0.25) is 9.69 Å². The number of aromatic amines is 1. The summed E-state index contributed by atoms with van der Waals surface area (Å²) in [6, 6.07) is 7.27. The van der Waals surface area contributed by atoms with E-state index in [0.29, 0.717) is 41.2 Å². The van der Waals surface area contributed by atoms with Crippen LogP contribution in [0, 0.1) is 6.92 Å². The average Bonchev–Trinajstić information content (AvgIpc) is 3.04. The molecule has 0 radical (unpaired) electrons. The summed E-state index contributed by atoms with van der Waals surface area (Å²) in [6.45, 7) is 3.61. The summed E-state index contributed by atoms with van der Waals surface area (Å²) < 4.78 is 5.35. The minimum Gasteiger partial charge on any atom is -0.338 e. The Morgan fingerprint density at radius 3 is 2.88 bits per heavy atom. The van der Waals surface area contributed by atoms with Crippen molar-refractivity contribution >= 4 is 11.6 Å². The van der Waals surface area contributed by atoms with Crippen molar-refractivity contribution < 1.29 is 4.52 Å². The van der Waals surface area contributed by atoms with Crippen molar-refractivity contribution in [2.75, 3.05) is 6.54 Å². The quantitative estimate of drug-likeness (QED) is 0.774. The van der Waals surface area contributed by atoms with Crippen LogP contribution in [0.5, 0.6) is 0 Å². The zero-order valence-corrected chi connectivity index (χ0v) is 14.4. The Morgan fingerprint density at radius 1 is 1.28 bits per heavy atom. The lowest BCUT2D eigenvalue weighted by molar-refractivity contribution is 0.207. The number of rotatable bonds is 3.